The lowest BCUT2D eigenvalue weighted by Gasteiger charge is -2.29. The first-order valence-corrected chi connectivity index (χ1v) is 7.03. The van der Waals surface area contributed by atoms with E-state index in [2.05, 4.69) is 23.0 Å². The van der Waals surface area contributed by atoms with Crippen LogP contribution < -0.4 is 5.56 Å². The van der Waals surface area contributed by atoms with Crippen molar-refractivity contribution >= 4 is 22.4 Å². The summed E-state index contributed by atoms with van der Waals surface area (Å²) in [7, 11) is 2.14. The van der Waals surface area contributed by atoms with Gasteiger partial charge in [-0.05, 0) is 51.2 Å². The maximum atomic E-state index is 12.1. The van der Waals surface area contributed by atoms with E-state index in [1.165, 1.54) is 0 Å². The van der Waals surface area contributed by atoms with Crippen molar-refractivity contribution in [1.29, 1.82) is 0 Å². The molecule has 2 heterocycles. The van der Waals surface area contributed by atoms with Gasteiger partial charge in [-0.1, -0.05) is 17.7 Å². The van der Waals surface area contributed by atoms with E-state index in [0.717, 1.165) is 37.0 Å². The average Bonchev–Trinajstić information content (AvgIpc) is 2.41. The Morgan fingerprint density at radius 3 is 2.74 bits per heavy atom. The molecule has 0 amide bonds. The van der Waals surface area contributed by atoms with E-state index in [9.17, 15) is 4.79 Å². The number of benzene rings is 1. The van der Waals surface area contributed by atoms with Crippen LogP contribution in [0, 0.1) is 0 Å². The molecule has 0 bridgehead atoms. The Hall–Kier alpha value is -1.32. The van der Waals surface area contributed by atoms with Crippen molar-refractivity contribution in [2.45, 2.75) is 18.8 Å². The van der Waals surface area contributed by atoms with Crippen LogP contribution >= 0.6 is 11.6 Å². The van der Waals surface area contributed by atoms with E-state index in [4.69, 9.17) is 11.6 Å². The number of pyridine rings is 1. The molecule has 0 unspecified atom stereocenters. The highest BCUT2D eigenvalue weighted by Gasteiger charge is 2.20. The number of hydrogen-bond acceptors (Lipinski definition) is 2. The molecule has 0 spiro atoms. The molecule has 0 aliphatic carbocycles. The second-order valence-electron chi connectivity index (χ2n) is 5.33. The number of nitrogens with one attached hydrogen (secondary N) is 1. The predicted octanol–water partition coefficient (Wildman–Crippen LogP) is 2.99. The lowest BCUT2D eigenvalue weighted by molar-refractivity contribution is 0.253. The lowest BCUT2D eigenvalue weighted by Crippen LogP contribution is -2.30. The molecule has 0 saturated carbocycles. The van der Waals surface area contributed by atoms with Crippen molar-refractivity contribution in [2.24, 2.45) is 0 Å². The number of fused-ring (bicyclic) bond motifs is 1. The van der Waals surface area contributed by atoms with Crippen molar-refractivity contribution in [2.75, 3.05) is 20.1 Å². The van der Waals surface area contributed by atoms with E-state index in [1.54, 1.807) is 0 Å². The summed E-state index contributed by atoms with van der Waals surface area (Å²) in [6.07, 6.45) is 2.17. The molecule has 1 saturated heterocycles. The summed E-state index contributed by atoms with van der Waals surface area (Å²) >= 11 is 6.20. The molecule has 1 fully saturated rings. The first kappa shape index (κ1) is 12.7. The number of halogens is 1. The van der Waals surface area contributed by atoms with Crippen molar-refractivity contribution < 1.29 is 0 Å². The van der Waals surface area contributed by atoms with Crippen LogP contribution in [0.1, 0.15) is 24.5 Å². The highest BCUT2D eigenvalue weighted by Crippen LogP contribution is 2.29. The Morgan fingerprint density at radius 2 is 2.00 bits per heavy atom. The molecule has 19 heavy (non-hydrogen) atoms. The molecule has 0 radical (unpaired) electrons. The topological polar surface area (TPSA) is 36.1 Å². The van der Waals surface area contributed by atoms with Crippen molar-refractivity contribution in [3.8, 4) is 0 Å². The summed E-state index contributed by atoms with van der Waals surface area (Å²) < 4.78 is 0. The van der Waals surface area contributed by atoms with Gasteiger partial charge in [-0.15, -0.1) is 0 Å². The summed E-state index contributed by atoms with van der Waals surface area (Å²) in [5.74, 6) is 0.435. The van der Waals surface area contributed by atoms with Crippen LogP contribution in [0.5, 0.6) is 0 Å². The molecule has 1 aromatic heterocycles. The standard InChI is InChI=1S/C15H17ClN2O/c1-18-7-5-10(6-8-18)14-9-12-11(15(19)17-14)3-2-4-13(12)16/h2-4,9-10H,5-8H2,1H3,(H,17,19). The first-order chi connectivity index (χ1) is 9.15. The second-order valence-corrected chi connectivity index (χ2v) is 5.74. The summed E-state index contributed by atoms with van der Waals surface area (Å²) in [5, 5.41) is 2.18. The molecule has 1 aliphatic rings. The number of nitrogens with zero attached hydrogens (tertiary/aromatic N) is 1. The minimum atomic E-state index is -0.0334. The number of hydrogen-bond donors (Lipinski definition) is 1. The second kappa shape index (κ2) is 4.99. The first-order valence-electron chi connectivity index (χ1n) is 6.65. The Bertz CT molecular complexity index is 657. The highest BCUT2D eigenvalue weighted by molar-refractivity contribution is 6.35. The number of likely N-dealkylation sites (tertiary alicyclic amines) is 1. The SMILES string of the molecule is CN1CCC(c2cc3c(Cl)cccc3c(=O)[nH]2)CC1. The fourth-order valence-corrected chi connectivity index (χ4v) is 3.04. The van der Waals surface area contributed by atoms with E-state index in [0.29, 0.717) is 16.3 Å². The zero-order valence-corrected chi connectivity index (χ0v) is 11.7. The molecular formula is C15H17ClN2O. The third-order valence-electron chi connectivity index (χ3n) is 4.01. The van der Waals surface area contributed by atoms with Gasteiger partial charge < -0.3 is 9.88 Å². The smallest absolute Gasteiger partial charge is 0.256 e. The van der Waals surface area contributed by atoms with Crippen LogP contribution in [0.4, 0.5) is 0 Å². The number of rotatable bonds is 1. The zero-order chi connectivity index (χ0) is 13.4. The summed E-state index contributed by atoms with van der Waals surface area (Å²) in [5.41, 5.74) is 0.993. The monoisotopic (exact) mass is 276 g/mol. The highest BCUT2D eigenvalue weighted by atomic mass is 35.5. The zero-order valence-electron chi connectivity index (χ0n) is 10.9. The van der Waals surface area contributed by atoms with Gasteiger partial charge in [0.1, 0.15) is 0 Å². The largest absolute Gasteiger partial charge is 0.325 e. The molecule has 100 valence electrons. The van der Waals surface area contributed by atoms with E-state index < -0.39 is 0 Å². The maximum absolute atomic E-state index is 12.1. The molecule has 1 aliphatic heterocycles. The Labute approximate surface area is 117 Å². The number of H-pyrrole nitrogens is 1. The molecule has 3 rings (SSSR count). The van der Waals surface area contributed by atoms with Crippen LogP contribution in [0.25, 0.3) is 10.8 Å². The lowest BCUT2D eigenvalue weighted by atomic mass is 9.92. The van der Waals surface area contributed by atoms with Gasteiger partial charge in [0.25, 0.3) is 5.56 Å². The summed E-state index contributed by atoms with van der Waals surface area (Å²) in [4.78, 5) is 17.5. The van der Waals surface area contributed by atoms with Gasteiger partial charge in [-0.25, -0.2) is 0 Å². The van der Waals surface area contributed by atoms with Gasteiger partial charge in [0.05, 0.1) is 0 Å². The molecule has 1 aromatic carbocycles. The van der Waals surface area contributed by atoms with Gasteiger partial charge in [-0.3, -0.25) is 4.79 Å². The Kier molecular flexibility index (Phi) is 3.33. The van der Waals surface area contributed by atoms with Crippen LogP contribution in [0.3, 0.4) is 0 Å². The van der Waals surface area contributed by atoms with Crippen molar-refractivity contribution in [3.05, 3.63) is 45.3 Å². The van der Waals surface area contributed by atoms with E-state index in [1.807, 2.05) is 18.2 Å². The van der Waals surface area contributed by atoms with Gasteiger partial charge >= 0.3 is 0 Å². The third-order valence-corrected chi connectivity index (χ3v) is 4.34. The number of piperidine rings is 1. The molecule has 4 heteroatoms. The fraction of sp³-hybridized carbons (Fsp3) is 0.400. The fourth-order valence-electron chi connectivity index (χ4n) is 2.81. The Morgan fingerprint density at radius 1 is 1.26 bits per heavy atom. The summed E-state index contributed by atoms with van der Waals surface area (Å²) in [6, 6.07) is 7.52. The van der Waals surface area contributed by atoms with Gasteiger partial charge in [0.15, 0.2) is 0 Å². The molecular weight excluding hydrogens is 260 g/mol. The molecule has 1 N–H and O–H groups in total. The molecule has 3 nitrogen and oxygen atoms in total. The predicted molar refractivity (Wildman–Crippen MR) is 79.1 cm³/mol. The van der Waals surface area contributed by atoms with E-state index in [-0.39, 0.29) is 5.56 Å². The van der Waals surface area contributed by atoms with Crippen LogP contribution in [0.15, 0.2) is 29.1 Å². The number of aromatic nitrogens is 1. The van der Waals surface area contributed by atoms with Crippen LogP contribution in [-0.4, -0.2) is 30.0 Å². The minimum absolute atomic E-state index is 0.0334. The normalized spacial score (nSPS) is 18.0. The summed E-state index contributed by atoms with van der Waals surface area (Å²) in [6.45, 7) is 2.15. The van der Waals surface area contributed by atoms with Crippen molar-refractivity contribution in [3.63, 3.8) is 0 Å². The molecule has 2 aromatic rings. The minimum Gasteiger partial charge on any atom is -0.325 e. The van der Waals surface area contributed by atoms with Crippen molar-refractivity contribution in [1.82, 2.24) is 9.88 Å². The molecule has 0 atom stereocenters. The van der Waals surface area contributed by atoms with Gasteiger partial charge in [-0.2, -0.15) is 0 Å². The van der Waals surface area contributed by atoms with E-state index >= 15 is 0 Å². The average molecular weight is 277 g/mol. The van der Waals surface area contributed by atoms with Crippen LogP contribution in [-0.2, 0) is 0 Å². The quantitative estimate of drug-likeness (QED) is 0.869. The third kappa shape index (κ3) is 2.40. The number of aromatic amines is 1. The van der Waals surface area contributed by atoms with Gasteiger partial charge in [0, 0.05) is 27.4 Å². The van der Waals surface area contributed by atoms with Crippen LogP contribution in [0.2, 0.25) is 5.02 Å². The van der Waals surface area contributed by atoms with Gasteiger partial charge in [0.2, 0.25) is 0 Å². The Balaban J connectivity index is 2.06. The maximum Gasteiger partial charge on any atom is 0.256 e.